The number of hydrogen-bond donors (Lipinski definition) is 1. The minimum atomic E-state index is -0.526. The summed E-state index contributed by atoms with van der Waals surface area (Å²) < 4.78 is 19.1. The van der Waals surface area contributed by atoms with E-state index in [1.54, 1.807) is 6.07 Å². The number of benzene rings is 1. The Balaban J connectivity index is 2.23. The summed E-state index contributed by atoms with van der Waals surface area (Å²) in [5.41, 5.74) is 0.446. The van der Waals surface area contributed by atoms with E-state index < -0.39 is 11.7 Å². The number of nitrogens with one attached hydrogen (secondary N) is 1. The van der Waals surface area contributed by atoms with Gasteiger partial charge >= 0.3 is 0 Å². The van der Waals surface area contributed by atoms with Gasteiger partial charge in [-0.1, -0.05) is 0 Å². The molecule has 0 spiro atoms. The quantitative estimate of drug-likeness (QED) is 0.882. The third kappa shape index (κ3) is 3.29. The Morgan fingerprint density at radius 3 is 2.84 bits per heavy atom. The van der Waals surface area contributed by atoms with E-state index in [9.17, 15) is 9.18 Å². The van der Waals surface area contributed by atoms with E-state index in [-0.39, 0.29) is 5.69 Å². The predicted molar refractivity (Wildman–Crippen MR) is 72.8 cm³/mol. The van der Waals surface area contributed by atoms with Crippen LogP contribution < -0.4 is 10.1 Å². The molecule has 1 amide bonds. The molecule has 1 N–H and O–H groups in total. The lowest BCUT2D eigenvalue weighted by molar-refractivity contribution is 0.102. The number of rotatable bonds is 3. The van der Waals surface area contributed by atoms with Gasteiger partial charge in [0.05, 0.1) is 12.8 Å². The third-order valence-corrected chi connectivity index (χ3v) is 2.84. The van der Waals surface area contributed by atoms with E-state index in [1.165, 1.54) is 37.6 Å². The predicted octanol–water partition coefficient (Wildman–Crippen LogP) is 3.24. The molecule has 0 fully saturated rings. The lowest BCUT2D eigenvalue weighted by Crippen LogP contribution is -2.13. The van der Waals surface area contributed by atoms with E-state index in [0.717, 1.165) is 0 Å². The number of aromatic nitrogens is 1. The maximum atomic E-state index is 13.6. The highest BCUT2D eigenvalue weighted by atomic mass is 79.9. The Morgan fingerprint density at radius 2 is 2.16 bits per heavy atom. The molecule has 2 rings (SSSR count). The molecule has 0 aliphatic rings. The summed E-state index contributed by atoms with van der Waals surface area (Å²) in [7, 11) is 1.47. The first-order chi connectivity index (χ1) is 9.10. The summed E-state index contributed by atoms with van der Waals surface area (Å²) in [5, 5.41) is 2.49. The second-order valence-electron chi connectivity index (χ2n) is 3.67. The van der Waals surface area contributed by atoms with Crippen molar-refractivity contribution in [3.05, 3.63) is 52.5 Å². The zero-order chi connectivity index (χ0) is 13.8. The molecule has 0 saturated carbocycles. The third-order valence-electron chi connectivity index (χ3n) is 2.41. The number of pyridine rings is 1. The van der Waals surface area contributed by atoms with Crippen LogP contribution in [0, 0.1) is 5.82 Å². The van der Waals surface area contributed by atoms with Crippen molar-refractivity contribution >= 4 is 27.5 Å². The first-order valence-electron chi connectivity index (χ1n) is 5.36. The number of methoxy groups -OCH3 is 1. The minimum absolute atomic E-state index is 0.0669. The maximum absolute atomic E-state index is 13.6. The highest BCUT2D eigenvalue weighted by Crippen LogP contribution is 2.21. The van der Waals surface area contributed by atoms with Crippen molar-refractivity contribution in [3.8, 4) is 5.75 Å². The van der Waals surface area contributed by atoms with Crippen LogP contribution in [0.25, 0.3) is 0 Å². The molecule has 2 aromatic rings. The first kappa shape index (κ1) is 13.5. The fourth-order valence-electron chi connectivity index (χ4n) is 1.47. The van der Waals surface area contributed by atoms with Gasteiger partial charge in [-0.25, -0.2) is 9.37 Å². The normalized spacial score (nSPS) is 10.1. The molecular weight excluding hydrogens is 315 g/mol. The van der Waals surface area contributed by atoms with Gasteiger partial charge in [-0.05, 0) is 40.2 Å². The molecule has 1 heterocycles. The molecule has 0 saturated heterocycles. The van der Waals surface area contributed by atoms with Gasteiger partial charge in [-0.15, -0.1) is 0 Å². The second kappa shape index (κ2) is 5.79. The summed E-state index contributed by atoms with van der Waals surface area (Å²) in [6.07, 6.45) is 1.49. The van der Waals surface area contributed by atoms with Crippen LogP contribution in [0.4, 0.5) is 10.1 Å². The Kier molecular flexibility index (Phi) is 4.11. The van der Waals surface area contributed by atoms with Crippen LogP contribution in [-0.4, -0.2) is 18.0 Å². The van der Waals surface area contributed by atoms with Gasteiger partial charge < -0.3 is 10.1 Å². The van der Waals surface area contributed by atoms with E-state index >= 15 is 0 Å². The van der Waals surface area contributed by atoms with Crippen LogP contribution in [0.3, 0.4) is 0 Å². The van der Waals surface area contributed by atoms with Crippen molar-refractivity contribution in [2.45, 2.75) is 0 Å². The van der Waals surface area contributed by atoms with Gasteiger partial charge in [-0.2, -0.15) is 0 Å². The summed E-state index contributed by atoms with van der Waals surface area (Å²) in [6.45, 7) is 0. The molecule has 4 nitrogen and oxygen atoms in total. The second-order valence-corrected chi connectivity index (χ2v) is 4.48. The molecule has 6 heteroatoms. The number of carbonyl (C=O) groups is 1. The van der Waals surface area contributed by atoms with Crippen molar-refractivity contribution in [2.24, 2.45) is 0 Å². The fraction of sp³-hybridized carbons (Fsp3) is 0.0769. The molecule has 0 aliphatic heterocycles. The van der Waals surface area contributed by atoms with Gasteiger partial charge in [0.1, 0.15) is 16.2 Å². The van der Waals surface area contributed by atoms with Gasteiger partial charge in [0.15, 0.2) is 0 Å². The Morgan fingerprint density at radius 1 is 1.37 bits per heavy atom. The van der Waals surface area contributed by atoms with Crippen molar-refractivity contribution in [2.75, 3.05) is 12.4 Å². The number of ether oxygens (including phenoxy) is 1. The van der Waals surface area contributed by atoms with Crippen LogP contribution in [-0.2, 0) is 0 Å². The smallest absolute Gasteiger partial charge is 0.255 e. The number of hydrogen-bond acceptors (Lipinski definition) is 3. The Labute approximate surface area is 117 Å². The van der Waals surface area contributed by atoms with Crippen LogP contribution in [0.15, 0.2) is 41.1 Å². The van der Waals surface area contributed by atoms with Crippen LogP contribution in [0.5, 0.6) is 5.75 Å². The fourth-order valence-corrected chi connectivity index (χ4v) is 1.83. The van der Waals surface area contributed by atoms with Gasteiger partial charge in [0.25, 0.3) is 5.91 Å². The molecule has 0 radical (unpaired) electrons. The van der Waals surface area contributed by atoms with E-state index in [1.807, 2.05) is 0 Å². The molecular formula is C13H10BrFN2O2. The van der Waals surface area contributed by atoms with Crippen LogP contribution >= 0.6 is 15.9 Å². The Hall–Kier alpha value is -1.95. The maximum Gasteiger partial charge on any atom is 0.255 e. The largest absolute Gasteiger partial charge is 0.497 e. The average Bonchev–Trinajstić information content (AvgIpc) is 2.41. The number of carbonyl (C=O) groups excluding carboxylic acids is 1. The molecule has 1 aromatic carbocycles. The molecule has 0 bridgehead atoms. The molecule has 1 aromatic heterocycles. The van der Waals surface area contributed by atoms with Crippen LogP contribution in [0.1, 0.15) is 10.4 Å². The molecule has 98 valence electrons. The summed E-state index contributed by atoms with van der Waals surface area (Å²) in [6, 6.07) is 7.22. The summed E-state index contributed by atoms with van der Waals surface area (Å²) >= 11 is 3.17. The number of nitrogens with zero attached hydrogens (tertiary/aromatic N) is 1. The average molecular weight is 325 g/mol. The summed E-state index contributed by atoms with van der Waals surface area (Å²) in [5.74, 6) is -0.481. The van der Waals surface area contributed by atoms with Crippen LogP contribution in [0.2, 0.25) is 0 Å². The SMILES string of the molecule is COc1ccc(F)c(NC(=O)c2ccnc(Br)c2)c1. The van der Waals surface area contributed by atoms with Crippen molar-refractivity contribution in [1.29, 1.82) is 0 Å². The number of anilines is 1. The molecule has 19 heavy (non-hydrogen) atoms. The molecule has 0 unspecified atom stereocenters. The standard InChI is InChI=1S/C13H10BrFN2O2/c1-19-9-2-3-10(15)11(7-9)17-13(18)8-4-5-16-12(14)6-8/h2-7H,1H3,(H,17,18). The van der Waals surface area contributed by atoms with Gasteiger partial charge in [0.2, 0.25) is 0 Å². The minimum Gasteiger partial charge on any atom is -0.497 e. The van der Waals surface area contributed by atoms with E-state index in [2.05, 4.69) is 26.2 Å². The topological polar surface area (TPSA) is 51.2 Å². The van der Waals surface area contributed by atoms with Crippen molar-refractivity contribution in [3.63, 3.8) is 0 Å². The number of amides is 1. The zero-order valence-corrected chi connectivity index (χ0v) is 11.6. The highest BCUT2D eigenvalue weighted by Gasteiger charge is 2.10. The number of halogens is 2. The lowest BCUT2D eigenvalue weighted by Gasteiger charge is -2.08. The van der Waals surface area contributed by atoms with E-state index in [0.29, 0.717) is 15.9 Å². The molecule has 0 atom stereocenters. The van der Waals surface area contributed by atoms with Crippen molar-refractivity contribution < 1.29 is 13.9 Å². The van der Waals surface area contributed by atoms with Gasteiger partial charge in [-0.3, -0.25) is 4.79 Å². The van der Waals surface area contributed by atoms with Gasteiger partial charge in [0, 0.05) is 17.8 Å². The lowest BCUT2D eigenvalue weighted by atomic mass is 10.2. The first-order valence-corrected chi connectivity index (χ1v) is 6.16. The van der Waals surface area contributed by atoms with E-state index in [4.69, 9.17) is 4.74 Å². The monoisotopic (exact) mass is 324 g/mol. The summed E-state index contributed by atoms with van der Waals surface area (Å²) in [4.78, 5) is 15.9. The van der Waals surface area contributed by atoms with Crippen molar-refractivity contribution in [1.82, 2.24) is 4.98 Å². The molecule has 0 aliphatic carbocycles. The highest BCUT2D eigenvalue weighted by molar-refractivity contribution is 9.10. The Bertz CT molecular complexity index is 619. The zero-order valence-electron chi connectivity index (χ0n) is 9.98.